The van der Waals surface area contributed by atoms with Crippen LogP contribution in [-0.4, -0.2) is 15.9 Å². The molecule has 4 N–H and O–H groups in total. The minimum absolute atomic E-state index is 0.266. The summed E-state index contributed by atoms with van der Waals surface area (Å²) in [6, 6.07) is 3.75. The summed E-state index contributed by atoms with van der Waals surface area (Å²) in [5, 5.41) is 0.795. The summed E-state index contributed by atoms with van der Waals surface area (Å²) in [7, 11) is 0. The van der Waals surface area contributed by atoms with Gasteiger partial charge in [-0.3, -0.25) is 4.79 Å². The van der Waals surface area contributed by atoms with E-state index in [1.807, 2.05) is 19.1 Å². The van der Waals surface area contributed by atoms with Gasteiger partial charge in [-0.15, -0.1) is 0 Å². The maximum atomic E-state index is 11.9. The highest BCUT2D eigenvalue weighted by Gasteiger charge is 2.24. The minimum Gasteiger partial charge on any atom is -0.368 e. The Hall–Kier alpha value is -2.17. The first-order valence-electron chi connectivity index (χ1n) is 7.44. The van der Waals surface area contributed by atoms with Crippen molar-refractivity contribution >= 4 is 22.8 Å². The molecule has 5 nitrogen and oxygen atoms in total. The zero-order valence-corrected chi connectivity index (χ0v) is 12.2. The Morgan fingerprint density at radius 1 is 1.19 bits per heavy atom. The lowest BCUT2D eigenvalue weighted by atomic mass is 9.84. The second-order valence-electron chi connectivity index (χ2n) is 5.82. The van der Waals surface area contributed by atoms with Crippen molar-refractivity contribution < 1.29 is 4.79 Å². The van der Waals surface area contributed by atoms with Gasteiger partial charge >= 0.3 is 0 Å². The van der Waals surface area contributed by atoms with E-state index in [0.717, 1.165) is 29.5 Å². The number of carbonyl (C=O) groups is 1. The van der Waals surface area contributed by atoms with Crippen molar-refractivity contribution in [2.75, 3.05) is 5.73 Å². The first kappa shape index (κ1) is 13.8. The molecule has 110 valence electrons. The number of fused-ring (bicyclic) bond motifs is 1. The molecule has 5 heteroatoms. The van der Waals surface area contributed by atoms with E-state index < -0.39 is 5.91 Å². The summed E-state index contributed by atoms with van der Waals surface area (Å²) in [5.41, 5.74) is 14.5. The topological polar surface area (TPSA) is 94.9 Å². The molecular formula is C16H20N4O. The highest BCUT2D eigenvalue weighted by Crippen LogP contribution is 2.37. The van der Waals surface area contributed by atoms with Crippen LogP contribution in [-0.2, 0) is 0 Å². The van der Waals surface area contributed by atoms with Gasteiger partial charge in [0.05, 0.1) is 16.8 Å². The predicted octanol–water partition coefficient (Wildman–Crippen LogP) is 2.67. The Morgan fingerprint density at radius 2 is 1.90 bits per heavy atom. The molecule has 0 spiro atoms. The highest BCUT2D eigenvalue weighted by atomic mass is 16.1. The smallest absolute Gasteiger partial charge is 0.249 e. The van der Waals surface area contributed by atoms with Crippen LogP contribution in [0.2, 0.25) is 0 Å². The van der Waals surface area contributed by atoms with Crippen molar-refractivity contribution in [3.05, 3.63) is 29.0 Å². The first-order valence-corrected chi connectivity index (χ1v) is 7.44. The van der Waals surface area contributed by atoms with Crippen LogP contribution in [0, 0.1) is 6.92 Å². The number of carbonyl (C=O) groups excluding carboxylic acids is 1. The van der Waals surface area contributed by atoms with Crippen molar-refractivity contribution in [2.45, 2.75) is 44.9 Å². The molecule has 1 aromatic heterocycles. The Kier molecular flexibility index (Phi) is 3.49. The quantitative estimate of drug-likeness (QED) is 0.886. The number of rotatable bonds is 2. The minimum atomic E-state index is -0.427. The van der Waals surface area contributed by atoms with Crippen molar-refractivity contribution in [1.29, 1.82) is 0 Å². The Balaban J connectivity index is 2.30. The van der Waals surface area contributed by atoms with E-state index in [-0.39, 0.29) is 5.95 Å². The van der Waals surface area contributed by atoms with Gasteiger partial charge in [-0.25, -0.2) is 9.97 Å². The highest BCUT2D eigenvalue weighted by molar-refractivity contribution is 6.07. The third kappa shape index (κ3) is 2.44. The van der Waals surface area contributed by atoms with Gasteiger partial charge in [-0.2, -0.15) is 0 Å². The number of primary amides is 1. The van der Waals surface area contributed by atoms with Crippen molar-refractivity contribution in [3.63, 3.8) is 0 Å². The molecule has 3 rings (SSSR count). The number of amides is 1. The fourth-order valence-corrected chi connectivity index (χ4v) is 3.36. The summed E-state index contributed by atoms with van der Waals surface area (Å²) in [5.74, 6) is 0.178. The standard InChI is InChI=1S/C16H20N4O/c1-9-7-8-11-13(12(9)15(17)21)14(20-16(18)19-11)10-5-3-2-4-6-10/h7-8,10H,2-6H2,1H3,(H2,17,21)(H2,18,19,20). The van der Waals surface area contributed by atoms with Gasteiger partial charge in [0.15, 0.2) is 0 Å². The van der Waals surface area contributed by atoms with Crippen LogP contribution >= 0.6 is 0 Å². The zero-order chi connectivity index (χ0) is 15.0. The van der Waals surface area contributed by atoms with Crippen LogP contribution in [0.25, 0.3) is 10.9 Å². The summed E-state index contributed by atoms with van der Waals surface area (Å²) >= 11 is 0. The second-order valence-corrected chi connectivity index (χ2v) is 5.82. The molecule has 1 heterocycles. The molecule has 0 unspecified atom stereocenters. The SMILES string of the molecule is Cc1ccc2nc(N)nc(C3CCCCC3)c2c1C(N)=O. The normalized spacial score (nSPS) is 16.2. The van der Waals surface area contributed by atoms with E-state index in [9.17, 15) is 4.79 Å². The van der Waals surface area contributed by atoms with Gasteiger partial charge in [0.2, 0.25) is 11.9 Å². The van der Waals surface area contributed by atoms with Crippen LogP contribution in [0.3, 0.4) is 0 Å². The Bertz CT molecular complexity index is 705. The maximum absolute atomic E-state index is 11.9. The number of aromatic nitrogens is 2. The molecule has 1 amide bonds. The molecule has 2 aromatic rings. The van der Waals surface area contributed by atoms with Crippen molar-refractivity contribution in [3.8, 4) is 0 Å². The third-order valence-corrected chi connectivity index (χ3v) is 4.36. The van der Waals surface area contributed by atoms with Crippen LogP contribution in [0.15, 0.2) is 12.1 Å². The number of nitrogen functional groups attached to an aromatic ring is 1. The second kappa shape index (κ2) is 5.31. The molecule has 1 aliphatic rings. The average Bonchev–Trinajstić information content (AvgIpc) is 2.47. The Morgan fingerprint density at radius 3 is 2.57 bits per heavy atom. The molecule has 1 saturated carbocycles. The molecule has 21 heavy (non-hydrogen) atoms. The van der Waals surface area contributed by atoms with E-state index in [2.05, 4.69) is 9.97 Å². The lowest BCUT2D eigenvalue weighted by molar-refractivity contribution is 0.100. The fourth-order valence-electron chi connectivity index (χ4n) is 3.36. The van der Waals surface area contributed by atoms with Crippen LogP contribution in [0.5, 0.6) is 0 Å². The van der Waals surface area contributed by atoms with Crippen molar-refractivity contribution in [2.24, 2.45) is 5.73 Å². The molecule has 0 aliphatic heterocycles. The summed E-state index contributed by atoms with van der Waals surface area (Å²) in [6.07, 6.45) is 5.80. The molecule has 0 radical (unpaired) electrons. The molecule has 1 aliphatic carbocycles. The van der Waals surface area contributed by atoms with Crippen LogP contribution in [0.1, 0.15) is 59.6 Å². The number of anilines is 1. The fraction of sp³-hybridized carbons (Fsp3) is 0.438. The van der Waals surface area contributed by atoms with Gasteiger partial charge in [0.1, 0.15) is 0 Å². The molecule has 0 bridgehead atoms. The number of hydrogen-bond acceptors (Lipinski definition) is 4. The predicted molar refractivity (Wildman–Crippen MR) is 83.0 cm³/mol. The van der Waals surface area contributed by atoms with Gasteiger partial charge in [-0.1, -0.05) is 25.3 Å². The summed E-state index contributed by atoms with van der Waals surface area (Å²) in [4.78, 5) is 20.6. The molecular weight excluding hydrogens is 264 g/mol. The van der Waals surface area contributed by atoms with E-state index in [1.54, 1.807) is 0 Å². The van der Waals surface area contributed by atoms with E-state index in [1.165, 1.54) is 19.3 Å². The largest absolute Gasteiger partial charge is 0.368 e. The molecule has 1 aromatic carbocycles. The third-order valence-electron chi connectivity index (χ3n) is 4.36. The molecule has 0 atom stereocenters. The lowest BCUT2D eigenvalue weighted by Crippen LogP contribution is -2.17. The van der Waals surface area contributed by atoms with Gasteiger partial charge < -0.3 is 11.5 Å². The van der Waals surface area contributed by atoms with E-state index in [4.69, 9.17) is 11.5 Å². The van der Waals surface area contributed by atoms with Crippen LogP contribution < -0.4 is 11.5 Å². The van der Waals surface area contributed by atoms with Crippen LogP contribution in [0.4, 0.5) is 5.95 Å². The average molecular weight is 284 g/mol. The number of aryl methyl sites for hydroxylation is 1. The number of nitrogens with zero attached hydrogens (tertiary/aromatic N) is 2. The number of hydrogen-bond donors (Lipinski definition) is 2. The molecule has 0 saturated heterocycles. The first-order chi connectivity index (χ1) is 10.1. The monoisotopic (exact) mass is 284 g/mol. The Labute approximate surface area is 123 Å². The lowest BCUT2D eigenvalue weighted by Gasteiger charge is -2.23. The zero-order valence-electron chi connectivity index (χ0n) is 12.2. The van der Waals surface area contributed by atoms with Crippen molar-refractivity contribution in [1.82, 2.24) is 9.97 Å². The molecule has 1 fully saturated rings. The number of nitrogens with two attached hydrogens (primary N) is 2. The van der Waals surface area contributed by atoms with Gasteiger partial charge in [0.25, 0.3) is 0 Å². The van der Waals surface area contributed by atoms with E-state index >= 15 is 0 Å². The van der Waals surface area contributed by atoms with Gasteiger partial charge in [-0.05, 0) is 31.4 Å². The summed E-state index contributed by atoms with van der Waals surface area (Å²) in [6.45, 7) is 1.89. The maximum Gasteiger partial charge on any atom is 0.249 e. The van der Waals surface area contributed by atoms with E-state index in [0.29, 0.717) is 17.0 Å². The van der Waals surface area contributed by atoms with Gasteiger partial charge in [0, 0.05) is 11.3 Å². The number of benzene rings is 1. The summed E-state index contributed by atoms with van der Waals surface area (Å²) < 4.78 is 0.